The minimum atomic E-state index is 0.752. The van der Waals surface area contributed by atoms with Crippen molar-refractivity contribution >= 4 is 0 Å². The molecule has 0 radical (unpaired) electrons. The highest BCUT2D eigenvalue weighted by molar-refractivity contribution is 5.32. The molecule has 110 valence electrons. The van der Waals surface area contributed by atoms with Crippen LogP contribution in [0.15, 0.2) is 24.3 Å². The van der Waals surface area contributed by atoms with Gasteiger partial charge in [-0.05, 0) is 55.1 Å². The molecule has 1 aromatic carbocycles. The summed E-state index contributed by atoms with van der Waals surface area (Å²) >= 11 is 0. The molecular weight excluding hydrogens is 242 g/mol. The van der Waals surface area contributed by atoms with Crippen molar-refractivity contribution in [2.24, 2.45) is 5.92 Å². The zero-order valence-corrected chi connectivity index (χ0v) is 12.9. The van der Waals surface area contributed by atoms with Gasteiger partial charge in [-0.2, -0.15) is 0 Å². The molecule has 1 heteroatoms. The van der Waals surface area contributed by atoms with Crippen LogP contribution in [-0.4, -0.2) is 12.6 Å². The molecule has 1 aromatic rings. The molecule has 3 unspecified atom stereocenters. The molecule has 2 aliphatic carbocycles. The van der Waals surface area contributed by atoms with Crippen molar-refractivity contribution in [1.29, 1.82) is 0 Å². The Morgan fingerprint density at radius 2 is 2.00 bits per heavy atom. The molecule has 0 heterocycles. The predicted octanol–water partition coefficient (Wildman–Crippen LogP) is 4.66. The fraction of sp³-hybridized carbons (Fsp3) is 0.684. The molecule has 20 heavy (non-hydrogen) atoms. The Morgan fingerprint density at radius 3 is 2.90 bits per heavy atom. The number of hydrogen-bond acceptors (Lipinski definition) is 1. The Balaban J connectivity index is 1.56. The molecule has 0 saturated heterocycles. The number of fused-ring (bicyclic) bond motifs is 1. The molecule has 1 fully saturated rings. The monoisotopic (exact) mass is 271 g/mol. The zero-order chi connectivity index (χ0) is 13.8. The standard InChI is InChI=1S/C19H29N/c1-2-15-7-5-11-18(13-15)20-14-17-10-6-9-16-8-3-4-12-19(16)17/h3-4,8,12,15,17-18,20H,2,5-7,9-11,13-14H2,1H3. The van der Waals surface area contributed by atoms with E-state index in [1.165, 1.54) is 57.9 Å². The predicted molar refractivity (Wildman–Crippen MR) is 86.2 cm³/mol. The van der Waals surface area contributed by atoms with Gasteiger partial charge >= 0.3 is 0 Å². The Morgan fingerprint density at radius 1 is 1.10 bits per heavy atom. The quantitative estimate of drug-likeness (QED) is 0.839. The van der Waals surface area contributed by atoms with E-state index in [2.05, 4.69) is 36.5 Å². The lowest BCUT2D eigenvalue weighted by molar-refractivity contribution is 0.274. The normalized spacial score (nSPS) is 29.9. The van der Waals surface area contributed by atoms with Crippen LogP contribution < -0.4 is 5.32 Å². The van der Waals surface area contributed by atoms with Crippen LogP contribution in [0.4, 0.5) is 0 Å². The van der Waals surface area contributed by atoms with Crippen molar-refractivity contribution in [3.63, 3.8) is 0 Å². The fourth-order valence-electron chi connectivity index (χ4n) is 4.22. The topological polar surface area (TPSA) is 12.0 Å². The lowest BCUT2D eigenvalue weighted by Gasteiger charge is -2.32. The average molecular weight is 271 g/mol. The largest absolute Gasteiger partial charge is 0.313 e. The maximum Gasteiger partial charge on any atom is 0.00699 e. The Hall–Kier alpha value is -0.820. The maximum atomic E-state index is 3.90. The third kappa shape index (κ3) is 3.25. The van der Waals surface area contributed by atoms with Gasteiger partial charge in [-0.3, -0.25) is 0 Å². The number of nitrogens with one attached hydrogen (secondary N) is 1. The minimum absolute atomic E-state index is 0.752. The van der Waals surface area contributed by atoms with Crippen LogP contribution in [0.5, 0.6) is 0 Å². The fourth-order valence-corrected chi connectivity index (χ4v) is 4.22. The van der Waals surface area contributed by atoms with Crippen molar-refractivity contribution in [1.82, 2.24) is 5.32 Å². The molecule has 0 spiro atoms. The van der Waals surface area contributed by atoms with Gasteiger partial charge in [-0.25, -0.2) is 0 Å². The second kappa shape index (κ2) is 6.76. The van der Waals surface area contributed by atoms with E-state index >= 15 is 0 Å². The molecule has 0 amide bonds. The molecule has 0 aromatic heterocycles. The molecular formula is C19H29N. The van der Waals surface area contributed by atoms with Gasteiger partial charge in [0.1, 0.15) is 0 Å². The number of rotatable bonds is 4. The van der Waals surface area contributed by atoms with Crippen molar-refractivity contribution < 1.29 is 0 Å². The van der Waals surface area contributed by atoms with Gasteiger partial charge < -0.3 is 5.32 Å². The van der Waals surface area contributed by atoms with Crippen LogP contribution in [-0.2, 0) is 6.42 Å². The summed E-state index contributed by atoms with van der Waals surface area (Å²) in [5, 5.41) is 3.90. The number of hydrogen-bond donors (Lipinski definition) is 1. The first-order valence-electron chi connectivity index (χ1n) is 8.68. The second-order valence-corrected chi connectivity index (χ2v) is 6.83. The van der Waals surface area contributed by atoms with Gasteiger partial charge in [0.05, 0.1) is 0 Å². The van der Waals surface area contributed by atoms with E-state index in [1.54, 1.807) is 11.1 Å². The van der Waals surface area contributed by atoms with E-state index in [0.29, 0.717) is 0 Å². The van der Waals surface area contributed by atoms with Crippen LogP contribution in [0, 0.1) is 5.92 Å². The number of aryl methyl sites for hydroxylation is 1. The van der Waals surface area contributed by atoms with Crippen LogP contribution >= 0.6 is 0 Å². The first-order valence-corrected chi connectivity index (χ1v) is 8.68. The maximum absolute atomic E-state index is 3.90. The van der Waals surface area contributed by atoms with Gasteiger partial charge in [-0.15, -0.1) is 0 Å². The zero-order valence-electron chi connectivity index (χ0n) is 12.9. The summed E-state index contributed by atoms with van der Waals surface area (Å²) < 4.78 is 0. The minimum Gasteiger partial charge on any atom is -0.313 e. The van der Waals surface area contributed by atoms with Gasteiger partial charge in [-0.1, -0.05) is 50.5 Å². The molecule has 1 nitrogen and oxygen atoms in total. The van der Waals surface area contributed by atoms with Crippen molar-refractivity contribution in [3.05, 3.63) is 35.4 Å². The third-order valence-electron chi connectivity index (χ3n) is 5.51. The second-order valence-electron chi connectivity index (χ2n) is 6.83. The molecule has 1 N–H and O–H groups in total. The van der Waals surface area contributed by atoms with Gasteiger partial charge in [0.25, 0.3) is 0 Å². The Bertz CT molecular complexity index is 426. The SMILES string of the molecule is CCC1CCCC(NCC2CCCc3ccccc32)C1. The van der Waals surface area contributed by atoms with E-state index in [9.17, 15) is 0 Å². The first-order chi connectivity index (χ1) is 9.86. The van der Waals surface area contributed by atoms with E-state index in [-0.39, 0.29) is 0 Å². The van der Waals surface area contributed by atoms with Crippen LogP contribution in [0.2, 0.25) is 0 Å². The molecule has 1 saturated carbocycles. The highest BCUT2D eigenvalue weighted by atomic mass is 14.9. The van der Waals surface area contributed by atoms with Crippen LogP contribution in [0.1, 0.15) is 68.9 Å². The lowest BCUT2D eigenvalue weighted by Crippen LogP contribution is -2.37. The summed E-state index contributed by atoms with van der Waals surface area (Å²) in [5.41, 5.74) is 3.22. The van der Waals surface area contributed by atoms with Crippen LogP contribution in [0.3, 0.4) is 0 Å². The van der Waals surface area contributed by atoms with Crippen molar-refractivity contribution in [3.8, 4) is 0 Å². The smallest absolute Gasteiger partial charge is 0.00699 e. The highest BCUT2D eigenvalue weighted by Crippen LogP contribution is 2.32. The molecule has 3 rings (SSSR count). The summed E-state index contributed by atoms with van der Waals surface area (Å²) in [6.45, 7) is 3.54. The van der Waals surface area contributed by atoms with E-state index in [1.807, 2.05) is 0 Å². The third-order valence-corrected chi connectivity index (χ3v) is 5.51. The summed E-state index contributed by atoms with van der Waals surface area (Å²) in [6.07, 6.45) is 11.1. The molecule has 0 bridgehead atoms. The van der Waals surface area contributed by atoms with Crippen LogP contribution in [0.25, 0.3) is 0 Å². The van der Waals surface area contributed by atoms with Gasteiger partial charge in [0.2, 0.25) is 0 Å². The summed E-state index contributed by atoms with van der Waals surface area (Å²) in [6, 6.07) is 9.88. The molecule has 0 aliphatic heterocycles. The first kappa shape index (κ1) is 14.1. The van der Waals surface area contributed by atoms with E-state index in [0.717, 1.165) is 17.9 Å². The Labute approximate surface area is 124 Å². The van der Waals surface area contributed by atoms with Crippen molar-refractivity contribution in [2.45, 2.75) is 70.3 Å². The summed E-state index contributed by atoms with van der Waals surface area (Å²) in [7, 11) is 0. The Kier molecular flexibility index (Phi) is 4.77. The summed E-state index contributed by atoms with van der Waals surface area (Å²) in [4.78, 5) is 0. The molecule has 3 atom stereocenters. The summed E-state index contributed by atoms with van der Waals surface area (Å²) in [5.74, 6) is 1.72. The van der Waals surface area contributed by atoms with Gasteiger partial charge in [0, 0.05) is 12.6 Å². The molecule has 2 aliphatic rings. The van der Waals surface area contributed by atoms with E-state index < -0.39 is 0 Å². The number of benzene rings is 1. The van der Waals surface area contributed by atoms with E-state index in [4.69, 9.17) is 0 Å². The van der Waals surface area contributed by atoms with Crippen molar-refractivity contribution in [2.75, 3.05) is 6.54 Å². The lowest BCUT2D eigenvalue weighted by atomic mass is 9.81. The highest BCUT2D eigenvalue weighted by Gasteiger charge is 2.23. The average Bonchev–Trinajstić information content (AvgIpc) is 2.53. The van der Waals surface area contributed by atoms with Gasteiger partial charge in [0.15, 0.2) is 0 Å².